The van der Waals surface area contributed by atoms with E-state index in [2.05, 4.69) is 45.3 Å². The smallest absolute Gasteiger partial charge is 0.267 e. The maximum absolute atomic E-state index is 15.4. The van der Waals surface area contributed by atoms with E-state index in [1.54, 1.807) is 24.4 Å². The van der Waals surface area contributed by atoms with Crippen molar-refractivity contribution in [3.63, 3.8) is 0 Å². The Kier molecular flexibility index (Phi) is 9.26. The van der Waals surface area contributed by atoms with Gasteiger partial charge in [0.25, 0.3) is 10.0 Å². The van der Waals surface area contributed by atoms with Crippen molar-refractivity contribution in [2.45, 2.75) is 44.3 Å². The fourth-order valence-corrected chi connectivity index (χ4v) is 7.14. The SMILES string of the molecule is CCN1[C@H](C)CN(Cc2ccc(-c3cc(NS(=O)(=O)c4cc(N5CCOCC5)cnc4OC)ccn3)c(F)c2)C[C@@H]1C. The van der Waals surface area contributed by atoms with Crippen LogP contribution in [-0.4, -0.2) is 93.3 Å². The van der Waals surface area contributed by atoms with Crippen LogP contribution in [-0.2, 0) is 21.3 Å². The molecule has 0 saturated carbocycles. The van der Waals surface area contributed by atoms with Crippen LogP contribution in [0.1, 0.15) is 26.3 Å². The molecule has 0 unspecified atom stereocenters. The second-order valence-corrected chi connectivity index (χ2v) is 12.5. The first-order chi connectivity index (χ1) is 20.2. The summed E-state index contributed by atoms with van der Waals surface area (Å²) in [4.78, 5) is 15.3. The van der Waals surface area contributed by atoms with Gasteiger partial charge in [-0.3, -0.25) is 19.5 Å². The summed E-state index contributed by atoms with van der Waals surface area (Å²) in [6.07, 6.45) is 3.04. The molecule has 0 radical (unpaired) electrons. The van der Waals surface area contributed by atoms with E-state index in [1.165, 1.54) is 25.4 Å². The van der Waals surface area contributed by atoms with Crippen LogP contribution in [0.25, 0.3) is 11.3 Å². The minimum atomic E-state index is -4.09. The Balaban J connectivity index is 1.33. The third-order valence-corrected chi connectivity index (χ3v) is 9.31. The molecule has 0 bridgehead atoms. The lowest BCUT2D eigenvalue weighted by Crippen LogP contribution is -2.56. The van der Waals surface area contributed by atoms with Crippen molar-refractivity contribution in [2.75, 3.05) is 62.7 Å². The lowest BCUT2D eigenvalue weighted by molar-refractivity contribution is 0.0392. The maximum Gasteiger partial charge on any atom is 0.267 e. The number of methoxy groups -OCH3 is 1. The van der Waals surface area contributed by atoms with Gasteiger partial charge in [-0.15, -0.1) is 0 Å². The number of rotatable bonds is 9. The molecule has 1 aromatic carbocycles. The zero-order valence-corrected chi connectivity index (χ0v) is 25.4. The summed E-state index contributed by atoms with van der Waals surface area (Å²) in [7, 11) is -2.72. The van der Waals surface area contributed by atoms with Crippen LogP contribution in [0.2, 0.25) is 0 Å². The minimum Gasteiger partial charge on any atom is -0.480 e. The van der Waals surface area contributed by atoms with E-state index in [9.17, 15) is 8.42 Å². The topological polar surface area (TPSA) is 100 Å². The molecule has 2 aliphatic heterocycles. The molecule has 5 rings (SSSR count). The van der Waals surface area contributed by atoms with E-state index in [-0.39, 0.29) is 16.5 Å². The van der Waals surface area contributed by atoms with Crippen molar-refractivity contribution in [3.8, 4) is 17.1 Å². The highest BCUT2D eigenvalue weighted by molar-refractivity contribution is 7.92. The highest BCUT2D eigenvalue weighted by Gasteiger charge is 2.28. The van der Waals surface area contributed by atoms with E-state index < -0.39 is 15.8 Å². The predicted octanol–water partition coefficient (Wildman–Crippen LogP) is 3.84. The van der Waals surface area contributed by atoms with Gasteiger partial charge in [0.05, 0.1) is 43.6 Å². The van der Waals surface area contributed by atoms with E-state index in [0.717, 1.165) is 25.2 Å². The Morgan fingerprint density at radius 2 is 1.81 bits per heavy atom. The lowest BCUT2D eigenvalue weighted by Gasteiger charge is -2.44. The second-order valence-electron chi connectivity index (χ2n) is 10.9. The molecular weight excluding hydrogens is 559 g/mol. The number of halogens is 1. The van der Waals surface area contributed by atoms with Gasteiger partial charge in [-0.1, -0.05) is 13.0 Å². The van der Waals surface area contributed by atoms with Crippen LogP contribution < -0.4 is 14.4 Å². The van der Waals surface area contributed by atoms with Gasteiger partial charge in [0, 0.05) is 56.6 Å². The number of anilines is 2. The lowest BCUT2D eigenvalue weighted by atomic mass is 10.0. The minimum absolute atomic E-state index is 0.0182. The summed E-state index contributed by atoms with van der Waals surface area (Å²) < 4.78 is 55.6. The second kappa shape index (κ2) is 12.9. The highest BCUT2D eigenvalue weighted by atomic mass is 32.2. The number of pyridine rings is 2. The van der Waals surface area contributed by atoms with E-state index >= 15 is 4.39 Å². The van der Waals surface area contributed by atoms with E-state index in [0.29, 0.717) is 61.9 Å². The van der Waals surface area contributed by atoms with Gasteiger partial charge >= 0.3 is 0 Å². The number of hydrogen-bond acceptors (Lipinski definition) is 9. The van der Waals surface area contributed by atoms with Crippen molar-refractivity contribution in [1.29, 1.82) is 0 Å². The van der Waals surface area contributed by atoms with E-state index in [1.807, 2.05) is 11.0 Å². The number of piperazine rings is 1. The Bertz CT molecular complexity index is 1490. The first-order valence-electron chi connectivity index (χ1n) is 14.3. The first kappa shape index (κ1) is 30.1. The van der Waals surface area contributed by atoms with Crippen LogP contribution in [0.3, 0.4) is 0 Å². The first-order valence-corrected chi connectivity index (χ1v) is 15.8. The summed E-state index contributed by atoms with van der Waals surface area (Å²) >= 11 is 0. The zero-order chi connectivity index (χ0) is 29.9. The van der Waals surface area contributed by atoms with Gasteiger partial charge in [-0.05, 0) is 56.3 Å². The highest BCUT2D eigenvalue weighted by Crippen LogP contribution is 2.30. The Hall–Kier alpha value is -3.32. The fourth-order valence-electron chi connectivity index (χ4n) is 5.95. The summed E-state index contributed by atoms with van der Waals surface area (Å²) in [6.45, 7) is 12.6. The Labute approximate surface area is 247 Å². The summed E-state index contributed by atoms with van der Waals surface area (Å²) in [5.41, 5.74) is 2.42. The molecule has 12 heteroatoms. The zero-order valence-electron chi connectivity index (χ0n) is 24.6. The fraction of sp³-hybridized carbons (Fsp3) is 0.467. The largest absolute Gasteiger partial charge is 0.480 e. The molecule has 0 aliphatic carbocycles. The average Bonchev–Trinajstić information content (AvgIpc) is 2.97. The number of nitrogens with one attached hydrogen (secondary N) is 1. The number of ether oxygens (including phenoxy) is 2. The predicted molar refractivity (Wildman–Crippen MR) is 161 cm³/mol. The van der Waals surface area contributed by atoms with Crippen LogP contribution in [0.4, 0.5) is 15.8 Å². The molecule has 4 heterocycles. The monoisotopic (exact) mass is 598 g/mol. The van der Waals surface area contributed by atoms with Gasteiger partial charge in [0.15, 0.2) is 4.90 Å². The molecule has 2 fully saturated rings. The normalized spacial score (nSPS) is 20.5. The molecule has 10 nitrogen and oxygen atoms in total. The number of aromatic nitrogens is 2. The van der Waals surface area contributed by atoms with Crippen LogP contribution in [0.5, 0.6) is 5.88 Å². The molecule has 226 valence electrons. The van der Waals surface area contributed by atoms with Gasteiger partial charge in [-0.25, -0.2) is 17.8 Å². The number of nitrogens with zero attached hydrogens (tertiary/aromatic N) is 5. The molecule has 0 spiro atoms. The van der Waals surface area contributed by atoms with Crippen LogP contribution in [0, 0.1) is 5.82 Å². The van der Waals surface area contributed by atoms with E-state index in [4.69, 9.17) is 9.47 Å². The molecule has 3 aromatic rings. The van der Waals surface area contributed by atoms with Crippen molar-refractivity contribution in [3.05, 3.63) is 60.2 Å². The molecule has 2 atom stereocenters. The molecule has 2 saturated heterocycles. The number of sulfonamides is 1. The number of likely N-dealkylation sites (N-methyl/N-ethyl adjacent to an activating group) is 1. The Morgan fingerprint density at radius 1 is 1.07 bits per heavy atom. The van der Waals surface area contributed by atoms with Crippen molar-refractivity contribution in [2.24, 2.45) is 0 Å². The van der Waals surface area contributed by atoms with Gasteiger partial charge in [0.2, 0.25) is 5.88 Å². The van der Waals surface area contributed by atoms with Crippen molar-refractivity contribution >= 4 is 21.4 Å². The van der Waals surface area contributed by atoms with Gasteiger partial charge in [-0.2, -0.15) is 0 Å². The Morgan fingerprint density at radius 3 is 2.48 bits per heavy atom. The van der Waals surface area contributed by atoms with Gasteiger partial charge in [0.1, 0.15) is 5.82 Å². The molecular formula is C30H39FN6O4S. The number of hydrogen-bond donors (Lipinski definition) is 1. The molecule has 0 amide bonds. The van der Waals surface area contributed by atoms with Crippen molar-refractivity contribution < 1.29 is 22.3 Å². The van der Waals surface area contributed by atoms with Gasteiger partial charge < -0.3 is 14.4 Å². The maximum atomic E-state index is 15.4. The van der Waals surface area contributed by atoms with Crippen LogP contribution >= 0.6 is 0 Å². The standard InChI is InChI=1S/C30H39FN6O4S/c1-5-37-21(2)18-35(19-22(37)3)20-23-6-7-26(27(31)14-23)28-15-24(8-9-32-28)34-42(38,39)29-16-25(17-33-30(29)40-4)36-10-12-41-13-11-36/h6-9,14-17,21-22H,5,10-13,18-20H2,1-4H3,(H,32,34)/t21-,22+. The summed E-state index contributed by atoms with van der Waals surface area (Å²) in [6, 6.07) is 10.6. The molecule has 42 heavy (non-hydrogen) atoms. The third kappa shape index (κ3) is 6.67. The molecule has 1 N–H and O–H groups in total. The molecule has 2 aromatic heterocycles. The van der Waals surface area contributed by atoms with Crippen LogP contribution in [0.15, 0.2) is 53.7 Å². The molecule has 2 aliphatic rings. The summed E-state index contributed by atoms with van der Waals surface area (Å²) in [5.74, 6) is -0.423. The third-order valence-electron chi connectivity index (χ3n) is 7.93. The number of benzene rings is 1. The quantitative estimate of drug-likeness (QED) is 0.394. The number of morpholine rings is 1. The average molecular weight is 599 g/mol. The summed E-state index contributed by atoms with van der Waals surface area (Å²) in [5, 5.41) is 0. The van der Waals surface area contributed by atoms with Crippen molar-refractivity contribution in [1.82, 2.24) is 19.8 Å².